The van der Waals surface area contributed by atoms with E-state index in [2.05, 4.69) is 4.98 Å². The first kappa shape index (κ1) is 16.1. The Morgan fingerprint density at radius 1 is 1.30 bits per heavy atom. The number of ether oxygens (including phenoxy) is 2. The number of hydrogen-bond donors (Lipinski definition) is 0. The molecule has 126 valence electrons. The average Bonchev–Trinajstić information content (AvgIpc) is 2.48. The molecule has 5 heteroatoms. The fraction of sp³-hybridized carbons (Fsp3) is 0.667. The van der Waals surface area contributed by atoms with E-state index in [9.17, 15) is 4.79 Å². The smallest absolute Gasteiger partial charge is 0.410 e. The van der Waals surface area contributed by atoms with Crippen LogP contribution in [0.3, 0.4) is 0 Å². The number of fused-ring (bicyclic) bond motifs is 3. The van der Waals surface area contributed by atoms with Crippen LogP contribution in [0.5, 0.6) is 5.88 Å². The van der Waals surface area contributed by atoms with Crippen LogP contribution in [0.2, 0.25) is 0 Å². The Balaban J connectivity index is 1.70. The highest BCUT2D eigenvalue weighted by Crippen LogP contribution is 2.37. The maximum atomic E-state index is 12.5. The number of carbonyl (C=O) groups is 1. The molecule has 2 bridgehead atoms. The first-order valence-corrected chi connectivity index (χ1v) is 8.41. The summed E-state index contributed by atoms with van der Waals surface area (Å²) in [5, 5.41) is 0. The summed E-state index contributed by atoms with van der Waals surface area (Å²) >= 11 is 0. The largest absolute Gasteiger partial charge is 0.472 e. The molecule has 5 nitrogen and oxygen atoms in total. The molecule has 23 heavy (non-hydrogen) atoms. The van der Waals surface area contributed by atoms with Gasteiger partial charge >= 0.3 is 6.09 Å². The van der Waals surface area contributed by atoms with Crippen LogP contribution in [0, 0.1) is 12.8 Å². The molecule has 3 atom stereocenters. The minimum absolute atomic E-state index is 0.00484. The van der Waals surface area contributed by atoms with E-state index in [4.69, 9.17) is 9.47 Å². The summed E-state index contributed by atoms with van der Waals surface area (Å²) < 4.78 is 11.7. The Morgan fingerprint density at radius 3 is 2.70 bits per heavy atom. The van der Waals surface area contributed by atoms with Crippen LogP contribution >= 0.6 is 0 Å². The van der Waals surface area contributed by atoms with Gasteiger partial charge in [-0.25, -0.2) is 9.78 Å². The molecule has 1 aromatic heterocycles. The van der Waals surface area contributed by atoms with Crippen molar-refractivity contribution in [2.24, 2.45) is 5.92 Å². The monoisotopic (exact) mass is 318 g/mol. The van der Waals surface area contributed by atoms with Crippen molar-refractivity contribution in [2.75, 3.05) is 6.54 Å². The summed E-state index contributed by atoms with van der Waals surface area (Å²) in [6.07, 6.45) is 4.70. The molecule has 3 heterocycles. The van der Waals surface area contributed by atoms with Gasteiger partial charge < -0.3 is 14.4 Å². The van der Waals surface area contributed by atoms with Gasteiger partial charge in [-0.1, -0.05) is 6.07 Å². The number of aryl methyl sites for hydroxylation is 1. The van der Waals surface area contributed by atoms with Crippen molar-refractivity contribution in [1.29, 1.82) is 0 Å². The molecule has 4 rings (SSSR count). The van der Waals surface area contributed by atoms with Crippen molar-refractivity contribution in [3.05, 3.63) is 23.9 Å². The minimum atomic E-state index is -0.470. The number of carbonyl (C=O) groups excluding carboxylic acids is 1. The number of hydrogen-bond acceptors (Lipinski definition) is 4. The Morgan fingerprint density at radius 2 is 2.09 bits per heavy atom. The third kappa shape index (κ3) is 3.77. The molecule has 0 radical (unpaired) electrons. The lowest BCUT2D eigenvalue weighted by molar-refractivity contribution is -0.0561. The van der Waals surface area contributed by atoms with Crippen LogP contribution in [-0.4, -0.2) is 40.3 Å². The number of aromatic nitrogens is 1. The molecule has 0 aromatic carbocycles. The van der Waals surface area contributed by atoms with Gasteiger partial charge in [-0.15, -0.1) is 0 Å². The van der Waals surface area contributed by atoms with Crippen LogP contribution in [-0.2, 0) is 4.74 Å². The molecule has 2 saturated heterocycles. The molecular formula is C18H26N2O3. The molecule has 0 spiro atoms. The second kappa shape index (κ2) is 6.02. The van der Waals surface area contributed by atoms with Gasteiger partial charge in [0.05, 0.1) is 6.04 Å². The van der Waals surface area contributed by atoms with Crippen molar-refractivity contribution in [1.82, 2.24) is 9.88 Å². The van der Waals surface area contributed by atoms with Gasteiger partial charge in [-0.2, -0.15) is 0 Å². The SMILES string of the molecule is Cc1ccc(OC2CC3CCC2N(C(=O)OC(C)(C)C)C3)nc1. The van der Waals surface area contributed by atoms with Crippen LogP contribution in [0.1, 0.15) is 45.6 Å². The first-order chi connectivity index (χ1) is 10.8. The van der Waals surface area contributed by atoms with Crippen LogP contribution in [0.25, 0.3) is 0 Å². The van der Waals surface area contributed by atoms with Gasteiger partial charge in [0.1, 0.15) is 11.7 Å². The van der Waals surface area contributed by atoms with E-state index in [-0.39, 0.29) is 18.2 Å². The van der Waals surface area contributed by atoms with E-state index in [1.165, 1.54) is 0 Å². The van der Waals surface area contributed by atoms with Crippen LogP contribution in [0.4, 0.5) is 4.79 Å². The standard InChI is InChI=1S/C18H26N2O3/c1-12-5-8-16(19-10-12)22-15-9-13-6-7-14(15)20(11-13)17(21)23-18(2,3)4/h5,8,10,13-15H,6-7,9,11H2,1-4H3. The Labute approximate surface area is 138 Å². The molecule has 3 unspecified atom stereocenters. The minimum Gasteiger partial charge on any atom is -0.472 e. The van der Waals surface area contributed by atoms with E-state index in [1.54, 1.807) is 0 Å². The molecule has 1 amide bonds. The summed E-state index contributed by atoms with van der Waals surface area (Å²) in [6, 6.07) is 3.97. The average molecular weight is 318 g/mol. The maximum absolute atomic E-state index is 12.5. The second-order valence-electron chi connectivity index (χ2n) is 7.71. The van der Waals surface area contributed by atoms with Gasteiger partial charge in [0.15, 0.2) is 0 Å². The highest BCUT2D eigenvalue weighted by Gasteiger charge is 2.45. The van der Waals surface area contributed by atoms with E-state index >= 15 is 0 Å². The van der Waals surface area contributed by atoms with E-state index in [1.807, 2.05) is 50.9 Å². The lowest BCUT2D eigenvalue weighted by Crippen LogP contribution is -2.60. The van der Waals surface area contributed by atoms with Crippen molar-refractivity contribution in [3.8, 4) is 5.88 Å². The highest BCUT2D eigenvalue weighted by atomic mass is 16.6. The zero-order chi connectivity index (χ0) is 16.6. The third-order valence-corrected chi connectivity index (χ3v) is 4.51. The molecule has 0 N–H and O–H groups in total. The van der Waals surface area contributed by atoms with Gasteiger partial charge in [-0.3, -0.25) is 0 Å². The topological polar surface area (TPSA) is 51.7 Å². The predicted molar refractivity (Wildman–Crippen MR) is 87.5 cm³/mol. The maximum Gasteiger partial charge on any atom is 0.410 e. The number of rotatable bonds is 2. The summed E-state index contributed by atoms with van der Waals surface area (Å²) in [7, 11) is 0. The molecule has 1 aliphatic carbocycles. The van der Waals surface area contributed by atoms with Crippen LogP contribution < -0.4 is 4.74 Å². The number of nitrogens with zero attached hydrogens (tertiary/aromatic N) is 2. The van der Waals surface area contributed by atoms with E-state index in [0.717, 1.165) is 31.4 Å². The quantitative estimate of drug-likeness (QED) is 0.836. The van der Waals surface area contributed by atoms with Gasteiger partial charge in [0.25, 0.3) is 0 Å². The van der Waals surface area contributed by atoms with Crippen molar-refractivity contribution in [2.45, 2.75) is 64.7 Å². The number of pyridine rings is 1. The molecular weight excluding hydrogens is 292 g/mol. The summed E-state index contributed by atoms with van der Waals surface area (Å²) in [5.74, 6) is 1.13. The zero-order valence-corrected chi connectivity index (χ0v) is 14.4. The number of piperidine rings is 2. The Hall–Kier alpha value is -1.78. The molecule has 3 fully saturated rings. The fourth-order valence-electron chi connectivity index (χ4n) is 3.47. The fourth-order valence-corrected chi connectivity index (χ4v) is 3.47. The molecule has 3 aliphatic rings. The molecule has 1 saturated carbocycles. The van der Waals surface area contributed by atoms with Crippen molar-refractivity contribution >= 4 is 6.09 Å². The lowest BCUT2D eigenvalue weighted by Gasteiger charge is -2.49. The Bertz CT molecular complexity index is 565. The van der Waals surface area contributed by atoms with Crippen LogP contribution in [0.15, 0.2) is 18.3 Å². The third-order valence-electron chi connectivity index (χ3n) is 4.51. The van der Waals surface area contributed by atoms with Gasteiger partial charge in [0.2, 0.25) is 5.88 Å². The van der Waals surface area contributed by atoms with Gasteiger partial charge in [-0.05, 0) is 58.4 Å². The predicted octanol–water partition coefficient (Wildman–Crippen LogP) is 3.56. The van der Waals surface area contributed by atoms with E-state index in [0.29, 0.717) is 11.8 Å². The molecule has 1 aromatic rings. The van der Waals surface area contributed by atoms with Gasteiger partial charge in [0, 0.05) is 18.8 Å². The van der Waals surface area contributed by atoms with Crippen molar-refractivity contribution in [3.63, 3.8) is 0 Å². The summed E-state index contributed by atoms with van der Waals surface area (Å²) in [6.45, 7) is 8.48. The lowest BCUT2D eigenvalue weighted by atomic mass is 9.78. The molecule has 2 aliphatic heterocycles. The normalized spacial score (nSPS) is 27.0. The summed E-state index contributed by atoms with van der Waals surface area (Å²) in [5.41, 5.74) is 0.640. The highest BCUT2D eigenvalue weighted by molar-refractivity contribution is 5.69. The number of amides is 1. The van der Waals surface area contributed by atoms with Crippen molar-refractivity contribution < 1.29 is 14.3 Å². The van der Waals surface area contributed by atoms with E-state index < -0.39 is 5.60 Å². The zero-order valence-electron chi connectivity index (χ0n) is 14.4. The first-order valence-electron chi connectivity index (χ1n) is 8.41. The summed E-state index contributed by atoms with van der Waals surface area (Å²) in [4.78, 5) is 18.7. The Kier molecular flexibility index (Phi) is 4.21. The second-order valence-corrected chi connectivity index (χ2v) is 7.71.